The summed E-state index contributed by atoms with van der Waals surface area (Å²) in [5.74, 6) is -0.399. The Morgan fingerprint density at radius 3 is 2.38 bits per heavy atom. The maximum Gasteiger partial charge on any atom is 0.323 e. The standard InChI is InChI=1S/C17H18F2N2O3/c1-3-23-12-6-8-16(24-4-2)15(10-12)21-17(22)20-14-9-11(18)5-7-13(14)19/h5-10H,3-4H2,1-2H3,(H2,20,21,22). The number of benzene rings is 2. The van der Waals surface area contributed by atoms with Gasteiger partial charge in [0, 0.05) is 12.1 Å². The van der Waals surface area contributed by atoms with E-state index >= 15 is 0 Å². The fourth-order valence-electron chi connectivity index (χ4n) is 2.01. The zero-order chi connectivity index (χ0) is 17.5. The number of carbonyl (C=O) groups is 1. The Kier molecular flexibility index (Phi) is 5.95. The molecule has 0 spiro atoms. The van der Waals surface area contributed by atoms with E-state index in [9.17, 15) is 13.6 Å². The van der Waals surface area contributed by atoms with Crippen molar-refractivity contribution in [3.05, 3.63) is 48.0 Å². The van der Waals surface area contributed by atoms with Crippen molar-refractivity contribution in [1.82, 2.24) is 0 Å². The molecule has 2 aromatic rings. The highest BCUT2D eigenvalue weighted by Gasteiger charge is 2.12. The fourth-order valence-corrected chi connectivity index (χ4v) is 2.01. The summed E-state index contributed by atoms with van der Waals surface area (Å²) in [4.78, 5) is 12.1. The van der Waals surface area contributed by atoms with Gasteiger partial charge in [-0.05, 0) is 38.1 Å². The lowest BCUT2D eigenvalue weighted by atomic mass is 10.2. The van der Waals surface area contributed by atoms with Crippen molar-refractivity contribution in [3.63, 3.8) is 0 Å². The summed E-state index contributed by atoms with van der Waals surface area (Å²) in [5, 5.41) is 4.80. The van der Waals surface area contributed by atoms with Crippen molar-refractivity contribution in [1.29, 1.82) is 0 Å². The fraction of sp³-hybridized carbons (Fsp3) is 0.235. The zero-order valence-corrected chi connectivity index (χ0v) is 13.4. The number of halogens is 2. The number of nitrogens with one attached hydrogen (secondary N) is 2. The van der Waals surface area contributed by atoms with E-state index in [0.29, 0.717) is 30.4 Å². The van der Waals surface area contributed by atoms with Crippen LogP contribution < -0.4 is 20.1 Å². The van der Waals surface area contributed by atoms with Gasteiger partial charge in [0.05, 0.1) is 24.6 Å². The monoisotopic (exact) mass is 336 g/mol. The minimum atomic E-state index is -0.736. The van der Waals surface area contributed by atoms with E-state index in [-0.39, 0.29) is 5.69 Å². The van der Waals surface area contributed by atoms with Crippen molar-refractivity contribution in [3.8, 4) is 11.5 Å². The summed E-state index contributed by atoms with van der Waals surface area (Å²) in [6.45, 7) is 4.52. The average molecular weight is 336 g/mol. The van der Waals surface area contributed by atoms with Crippen LogP contribution in [0.2, 0.25) is 0 Å². The summed E-state index contributed by atoms with van der Waals surface area (Å²) in [7, 11) is 0. The molecule has 0 aromatic heterocycles. The van der Waals surface area contributed by atoms with Crippen molar-refractivity contribution in [2.75, 3.05) is 23.8 Å². The maximum atomic E-state index is 13.6. The molecule has 2 amide bonds. The molecular formula is C17H18F2N2O3. The molecule has 0 heterocycles. The second kappa shape index (κ2) is 8.14. The number of urea groups is 1. The molecule has 0 fully saturated rings. The minimum Gasteiger partial charge on any atom is -0.494 e. The second-order valence-electron chi connectivity index (χ2n) is 4.73. The first-order chi connectivity index (χ1) is 11.5. The van der Waals surface area contributed by atoms with Gasteiger partial charge in [-0.1, -0.05) is 0 Å². The van der Waals surface area contributed by atoms with E-state index in [1.54, 1.807) is 18.2 Å². The van der Waals surface area contributed by atoms with E-state index in [4.69, 9.17) is 9.47 Å². The van der Waals surface area contributed by atoms with Crippen molar-refractivity contribution < 1.29 is 23.0 Å². The largest absolute Gasteiger partial charge is 0.494 e. The lowest BCUT2D eigenvalue weighted by molar-refractivity contribution is 0.261. The Labute approximate surface area is 138 Å². The lowest BCUT2D eigenvalue weighted by Crippen LogP contribution is -2.20. The van der Waals surface area contributed by atoms with Gasteiger partial charge in [-0.3, -0.25) is 0 Å². The Balaban J connectivity index is 2.17. The van der Waals surface area contributed by atoms with Crippen molar-refractivity contribution in [2.45, 2.75) is 13.8 Å². The first-order valence-electron chi connectivity index (χ1n) is 7.46. The van der Waals surface area contributed by atoms with Gasteiger partial charge in [-0.25, -0.2) is 13.6 Å². The van der Waals surface area contributed by atoms with Gasteiger partial charge >= 0.3 is 6.03 Å². The minimum absolute atomic E-state index is 0.258. The average Bonchev–Trinajstić information content (AvgIpc) is 2.54. The Bertz CT molecular complexity index is 723. The molecule has 0 unspecified atom stereocenters. The molecule has 2 rings (SSSR count). The topological polar surface area (TPSA) is 59.6 Å². The van der Waals surface area contributed by atoms with Gasteiger partial charge in [0.25, 0.3) is 0 Å². The van der Waals surface area contributed by atoms with Crippen LogP contribution in [-0.4, -0.2) is 19.2 Å². The number of anilines is 2. The molecule has 0 radical (unpaired) electrons. The molecule has 0 aliphatic heterocycles. The van der Waals surface area contributed by atoms with Crippen LogP contribution in [0.5, 0.6) is 11.5 Å². The van der Waals surface area contributed by atoms with E-state index in [1.165, 1.54) is 0 Å². The van der Waals surface area contributed by atoms with E-state index < -0.39 is 17.7 Å². The predicted octanol–water partition coefficient (Wildman–Crippen LogP) is 4.41. The number of hydrogen-bond donors (Lipinski definition) is 2. The number of amides is 2. The molecule has 24 heavy (non-hydrogen) atoms. The third-order valence-electron chi connectivity index (χ3n) is 2.99. The molecule has 0 bridgehead atoms. The highest BCUT2D eigenvalue weighted by atomic mass is 19.1. The molecule has 0 atom stereocenters. The lowest BCUT2D eigenvalue weighted by Gasteiger charge is -2.14. The van der Waals surface area contributed by atoms with Crippen LogP contribution in [0.4, 0.5) is 25.0 Å². The molecule has 2 N–H and O–H groups in total. The molecule has 0 aliphatic rings. The summed E-state index contributed by atoms with van der Waals surface area (Å²) < 4.78 is 37.5. The van der Waals surface area contributed by atoms with Crippen LogP contribution in [0, 0.1) is 11.6 Å². The van der Waals surface area contributed by atoms with Crippen molar-refractivity contribution in [2.24, 2.45) is 0 Å². The normalized spacial score (nSPS) is 10.2. The highest BCUT2D eigenvalue weighted by molar-refractivity contribution is 6.00. The Morgan fingerprint density at radius 1 is 0.958 bits per heavy atom. The summed E-state index contributed by atoms with van der Waals surface area (Å²) in [6.07, 6.45) is 0. The number of carbonyl (C=O) groups excluding carboxylic acids is 1. The number of ether oxygens (including phenoxy) is 2. The smallest absolute Gasteiger partial charge is 0.323 e. The molecule has 7 heteroatoms. The predicted molar refractivity (Wildman–Crippen MR) is 87.8 cm³/mol. The summed E-state index contributed by atoms with van der Waals surface area (Å²) in [5.41, 5.74) is 0.100. The van der Waals surface area contributed by atoms with Gasteiger partial charge in [-0.15, -0.1) is 0 Å². The molecule has 0 saturated carbocycles. The summed E-state index contributed by atoms with van der Waals surface area (Å²) in [6, 6.07) is 7.04. The quantitative estimate of drug-likeness (QED) is 0.822. The second-order valence-corrected chi connectivity index (χ2v) is 4.73. The van der Waals surface area contributed by atoms with Crippen LogP contribution in [-0.2, 0) is 0 Å². The van der Waals surface area contributed by atoms with E-state index in [1.807, 2.05) is 13.8 Å². The molecule has 5 nitrogen and oxygen atoms in total. The van der Waals surface area contributed by atoms with Crippen molar-refractivity contribution >= 4 is 17.4 Å². The van der Waals surface area contributed by atoms with Crippen LogP contribution in [0.15, 0.2) is 36.4 Å². The van der Waals surface area contributed by atoms with Crippen LogP contribution in [0.3, 0.4) is 0 Å². The molecule has 128 valence electrons. The molecular weight excluding hydrogens is 318 g/mol. The van der Waals surface area contributed by atoms with Crippen LogP contribution in [0.25, 0.3) is 0 Å². The molecule has 0 aliphatic carbocycles. The van der Waals surface area contributed by atoms with Gasteiger partial charge in [0.2, 0.25) is 0 Å². The van der Waals surface area contributed by atoms with Gasteiger partial charge in [0.1, 0.15) is 23.1 Å². The zero-order valence-electron chi connectivity index (χ0n) is 13.4. The van der Waals surface area contributed by atoms with Gasteiger partial charge in [-0.2, -0.15) is 0 Å². The maximum absolute atomic E-state index is 13.6. The SMILES string of the molecule is CCOc1ccc(OCC)c(NC(=O)Nc2cc(F)ccc2F)c1. The third-order valence-corrected chi connectivity index (χ3v) is 2.99. The number of rotatable bonds is 6. The highest BCUT2D eigenvalue weighted by Crippen LogP contribution is 2.29. The summed E-state index contributed by atoms with van der Waals surface area (Å²) >= 11 is 0. The van der Waals surface area contributed by atoms with Crippen LogP contribution >= 0.6 is 0 Å². The third kappa shape index (κ3) is 4.58. The molecule has 0 saturated heterocycles. The van der Waals surface area contributed by atoms with Gasteiger partial charge < -0.3 is 20.1 Å². The van der Waals surface area contributed by atoms with E-state index in [2.05, 4.69) is 10.6 Å². The first kappa shape index (κ1) is 17.5. The number of hydrogen-bond acceptors (Lipinski definition) is 3. The van der Waals surface area contributed by atoms with E-state index in [0.717, 1.165) is 18.2 Å². The molecule has 2 aromatic carbocycles. The van der Waals surface area contributed by atoms with Gasteiger partial charge in [0.15, 0.2) is 0 Å². The Hall–Kier alpha value is -2.83. The Morgan fingerprint density at radius 2 is 1.67 bits per heavy atom. The first-order valence-corrected chi connectivity index (χ1v) is 7.46. The van der Waals surface area contributed by atoms with Crippen LogP contribution in [0.1, 0.15) is 13.8 Å².